The molecule has 0 aromatic heterocycles. The van der Waals surface area contributed by atoms with Gasteiger partial charge in [-0.25, -0.2) is 0 Å². The maximum Gasteiger partial charge on any atom is 0.00326 e. The van der Waals surface area contributed by atoms with Crippen molar-refractivity contribution in [3.63, 3.8) is 0 Å². The van der Waals surface area contributed by atoms with Gasteiger partial charge in [-0.3, -0.25) is 0 Å². The van der Waals surface area contributed by atoms with Crippen molar-refractivity contribution in [2.24, 2.45) is 5.41 Å². The highest BCUT2D eigenvalue weighted by atomic mass is 15.1. The molecule has 92 valence electrons. The predicted molar refractivity (Wildman–Crippen MR) is 70.3 cm³/mol. The molecule has 0 rings (SSSR count). The Morgan fingerprint density at radius 3 is 1.67 bits per heavy atom. The van der Waals surface area contributed by atoms with E-state index in [0.717, 1.165) is 0 Å². The fourth-order valence-electron chi connectivity index (χ4n) is 1.75. The maximum absolute atomic E-state index is 2.66. The number of rotatable bonds is 9. The van der Waals surface area contributed by atoms with E-state index in [0.29, 0.717) is 5.41 Å². The molecule has 0 aliphatic heterocycles. The van der Waals surface area contributed by atoms with Crippen molar-refractivity contribution in [2.75, 3.05) is 19.6 Å². The first kappa shape index (κ1) is 15.0. The Bertz CT molecular complexity index is 132. The Hall–Kier alpha value is -0.0400. The van der Waals surface area contributed by atoms with Crippen molar-refractivity contribution in [1.82, 2.24) is 4.90 Å². The lowest BCUT2D eigenvalue weighted by Gasteiger charge is -2.32. The van der Waals surface area contributed by atoms with Gasteiger partial charge in [0.25, 0.3) is 0 Å². The minimum Gasteiger partial charge on any atom is -0.303 e. The molecule has 0 saturated carbocycles. The Morgan fingerprint density at radius 2 is 1.33 bits per heavy atom. The molecule has 0 saturated heterocycles. The number of hydrogen-bond donors (Lipinski definition) is 0. The maximum atomic E-state index is 2.66. The lowest BCUT2D eigenvalue weighted by Crippen LogP contribution is -2.35. The molecule has 15 heavy (non-hydrogen) atoms. The largest absolute Gasteiger partial charge is 0.303 e. The van der Waals surface area contributed by atoms with Crippen molar-refractivity contribution < 1.29 is 0 Å². The topological polar surface area (TPSA) is 3.24 Å². The van der Waals surface area contributed by atoms with Crippen molar-refractivity contribution in [3.8, 4) is 0 Å². The minimum absolute atomic E-state index is 0.488. The molecule has 0 aromatic rings. The molecule has 0 radical (unpaired) electrons. The standard InChI is InChI=1S/C14H31N/c1-6-9-11-15(12-10-7-2)13-14(4,5)8-3/h6-13H2,1-5H3. The van der Waals surface area contributed by atoms with Crippen LogP contribution in [-0.2, 0) is 0 Å². The van der Waals surface area contributed by atoms with E-state index in [4.69, 9.17) is 0 Å². The van der Waals surface area contributed by atoms with Crippen molar-refractivity contribution in [2.45, 2.75) is 66.7 Å². The molecule has 0 atom stereocenters. The summed E-state index contributed by atoms with van der Waals surface area (Å²) in [7, 11) is 0. The van der Waals surface area contributed by atoms with Gasteiger partial charge >= 0.3 is 0 Å². The van der Waals surface area contributed by atoms with Crippen LogP contribution in [0.4, 0.5) is 0 Å². The van der Waals surface area contributed by atoms with Gasteiger partial charge in [-0.15, -0.1) is 0 Å². The predicted octanol–water partition coefficient (Wildman–Crippen LogP) is 4.32. The van der Waals surface area contributed by atoms with Gasteiger partial charge in [-0.1, -0.05) is 47.5 Å². The molecular formula is C14H31N. The summed E-state index contributed by atoms with van der Waals surface area (Å²) in [5.41, 5.74) is 0.488. The molecule has 0 aliphatic rings. The van der Waals surface area contributed by atoms with Gasteiger partial charge in [0, 0.05) is 6.54 Å². The second kappa shape index (κ2) is 8.15. The summed E-state index contributed by atoms with van der Waals surface area (Å²) >= 11 is 0. The molecule has 0 spiro atoms. The van der Waals surface area contributed by atoms with E-state index < -0.39 is 0 Å². The average molecular weight is 213 g/mol. The molecule has 0 aromatic carbocycles. The highest BCUT2D eigenvalue weighted by molar-refractivity contribution is 4.72. The van der Waals surface area contributed by atoms with Crippen LogP contribution in [0.1, 0.15) is 66.7 Å². The van der Waals surface area contributed by atoms with E-state index in [9.17, 15) is 0 Å². The van der Waals surface area contributed by atoms with E-state index in [1.807, 2.05) is 0 Å². The van der Waals surface area contributed by atoms with Crippen LogP contribution in [-0.4, -0.2) is 24.5 Å². The van der Waals surface area contributed by atoms with Crippen molar-refractivity contribution in [1.29, 1.82) is 0 Å². The van der Waals surface area contributed by atoms with E-state index in [1.165, 1.54) is 51.7 Å². The Morgan fingerprint density at radius 1 is 0.867 bits per heavy atom. The van der Waals surface area contributed by atoms with Gasteiger partial charge in [-0.2, -0.15) is 0 Å². The van der Waals surface area contributed by atoms with Crippen LogP contribution < -0.4 is 0 Å². The van der Waals surface area contributed by atoms with Crippen LogP contribution in [0.5, 0.6) is 0 Å². The van der Waals surface area contributed by atoms with Crippen LogP contribution in [0, 0.1) is 5.41 Å². The zero-order valence-corrected chi connectivity index (χ0v) is 11.6. The number of unbranched alkanes of at least 4 members (excludes halogenated alkanes) is 2. The highest BCUT2D eigenvalue weighted by Crippen LogP contribution is 2.21. The summed E-state index contributed by atoms with van der Waals surface area (Å²) in [6.45, 7) is 15.5. The van der Waals surface area contributed by atoms with Crippen LogP contribution in [0.15, 0.2) is 0 Å². The molecule has 0 N–H and O–H groups in total. The van der Waals surface area contributed by atoms with Gasteiger partial charge in [0.15, 0.2) is 0 Å². The Kier molecular flexibility index (Phi) is 8.13. The molecule has 0 heterocycles. The molecule has 0 amide bonds. The normalized spacial score (nSPS) is 12.4. The molecule has 0 unspecified atom stereocenters. The quantitative estimate of drug-likeness (QED) is 0.551. The third-order valence-electron chi connectivity index (χ3n) is 3.26. The SMILES string of the molecule is CCCCN(CCCC)CC(C)(C)CC. The van der Waals surface area contributed by atoms with Gasteiger partial charge in [0.2, 0.25) is 0 Å². The van der Waals surface area contributed by atoms with Gasteiger partial charge < -0.3 is 4.90 Å². The monoisotopic (exact) mass is 213 g/mol. The summed E-state index contributed by atoms with van der Waals surface area (Å²) < 4.78 is 0. The molecular weight excluding hydrogens is 182 g/mol. The first-order chi connectivity index (χ1) is 7.05. The van der Waals surface area contributed by atoms with Crippen LogP contribution in [0.2, 0.25) is 0 Å². The van der Waals surface area contributed by atoms with E-state index >= 15 is 0 Å². The van der Waals surface area contributed by atoms with E-state index in [-0.39, 0.29) is 0 Å². The van der Waals surface area contributed by atoms with Gasteiger partial charge in [-0.05, 0) is 37.8 Å². The summed E-state index contributed by atoms with van der Waals surface area (Å²) in [4.78, 5) is 2.66. The lowest BCUT2D eigenvalue weighted by molar-refractivity contribution is 0.169. The molecule has 0 bridgehead atoms. The fraction of sp³-hybridized carbons (Fsp3) is 1.00. The Balaban J connectivity index is 3.98. The zero-order chi connectivity index (χ0) is 11.7. The second-order valence-electron chi connectivity index (χ2n) is 5.50. The van der Waals surface area contributed by atoms with Gasteiger partial charge in [0.05, 0.1) is 0 Å². The average Bonchev–Trinajstić information content (AvgIpc) is 2.22. The summed E-state index contributed by atoms with van der Waals surface area (Å²) in [5.74, 6) is 0. The van der Waals surface area contributed by atoms with Crippen LogP contribution >= 0.6 is 0 Å². The molecule has 1 heteroatoms. The summed E-state index contributed by atoms with van der Waals surface area (Å²) in [6, 6.07) is 0. The third kappa shape index (κ3) is 7.84. The zero-order valence-electron chi connectivity index (χ0n) is 11.6. The smallest absolute Gasteiger partial charge is 0.00326 e. The fourth-order valence-corrected chi connectivity index (χ4v) is 1.75. The first-order valence-corrected chi connectivity index (χ1v) is 6.78. The highest BCUT2D eigenvalue weighted by Gasteiger charge is 2.18. The van der Waals surface area contributed by atoms with Gasteiger partial charge in [0.1, 0.15) is 0 Å². The van der Waals surface area contributed by atoms with Crippen molar-refractivity contribution >= 4 is 0 Å². The van der Waals surface area contributed by atoms with Crippen LogP contribution in [0.3, 0.4) is 0 Å². The summed E-state index contributed by atoms with van der Waals surface area (Å²) in [5, 5.41) is 0. The van der Waals surface area contributed by atoms with E-state index in [2.05, 4.69) is 39.5 Å². The third-order valence-corrected chi connectivity index (χ3v) is 3.26. The molecule has 0 aliphatic carbocycles. The first-order valence-electron chi connectivity index (χ1n) is 6.78. The molecule has 1 nitrogen and oxygen atoms in total. The summed E-state index contributed by atoms with van der Waals surface area (Å²) in [6.07, 6.45) is 6.61. The second-order valence-corrected chi connectivity index (χ2v) is 5.50. The minimum atomic E-state index is 0.488. The number of nitrogens with zero attached hydrogens (tertiary/aromatic N) is 1. The van der Waals surface area contributed by atoms with E-state index in [1.54, 1.807) is 0 Å². The van der Waals surface area contributed by atoms with Crippen LogP contribution in [0.25, 0.3) is 0 Å². The lowest BCUT2D eigenvalue weighted by atomic mass is 9.89. The molecule has 0 fully saturated rings. The number of hydrogen-bond acceptors (Lipinski definition) is 1. The Labute approximate surface area is 97.2 Å². The van der Waals surface area contributed by atoms with Crippen molar-refractivity contribution in [3.05, 3.63) is 0 Å².